The first-order chi connectivity index (χ1) is 16.9. The van der Waals surface area contributed by atoms with Gasteiger partial charge in [-0.3, -0.25) is 4.79 Å². The van der Waals surface area contributed by atoms with Crippen LogP contribution < -0.4 is 10.6 Å². The van der Waals surface area contributed by atoms with Crippen LogP contribution in [0.4, 0.5) is 4.79 Å². The molecule has 8 heteroatoms. The highest BCUT2D eigenvalue weighted by molar-refractivity contribution is 5.85. The molecule has 2 amide bonds. The summed E-state index contributed by atoms with van der Waals surface area (Å²) in [4.78, 5) is 36.9. The molecule has 1 saturated carbocycles. The number of hydrogen-bond acceptors (Lipinski definition) is 5. The maximum Gasteiger partial charge on any atom is 0.407 e. The lowest BCUT2D eigenvalue weighted by Gasteiger charge is -2.30. The van der Waals surface area contributed by atoms with Gasteiger partial charge in [0.15, 0.2) is 6.04 Å². The van der Waals surface area contributed by atoms with E-state index in [-0.39, 0.29) is 30.4 Å². The Labute approximate surface area is 205 Å². The van der Waals surface area contributed by atoms with Crippen LogP contribution in [0.5, 0.6) is 0 Å². The number of alkyl carbamates (subject to hydrolysis) is 1. The third-order valence-electron chi connectivity index (χ3n) is 7.12. The van der Waals surface area contributed by atoms with E-state index in [1.165, 1.54) is 18.2 Å². The largest absolute Gasteiger partial charge is 0.480 e. The van der Waals surface area contributed by atoms with Gasteiger partial charge in [0.2, 0.25) is 5.91 Å². The average Bonchev–Trinajstić information content (AvgIpc) is 3.19. The van der Waals surface area contributed by atoms with Crippen LogP contribution in [-0.2, 0) is 19.1 Å². The Kier molecular flexibility index (Phi) is 7.70. The third kappa shape index (κ3) is 5.48. The number of hydrogen-bond donors (Lipinski definition) is 3. The molecule has 3 N–H and O–H groups in total. The topological polar surface area (TPSA) is 114 Å². The van der Waals surface area contributed by atoms with E-state index in [9.17, 15) is 19.5 Å². The summed E-state index contributed by atoms with van der Waals surface area (Å²) < 4.78 is 10.7. The normalized spacial score (nSPS) is 20.7. The van der Waals surface area contributed by atoms with Gasteiger partial charge in [-0.1, -0.05) is 55.0 Å². The number of aliphatic carboxylic acids is 1. The fourth-order valence-electron chi connectivity index (χ4n) is 5.15. The van der Waals surface area contributed by atoms with Gasteiger partial charge in [0.1, 0.15) is 6.61 Å². The van der Waals surface area contributed by atoms with Crippen molar-refractivity contribution in [2.45, 2.75) is 56.7 Å². The SMILES string of the molecule is CO[C@H](C)[C@H](NC(=O)[C@H]1CCC[C@@H](NC(=O)OCC2c3ccccc3-c3ccccc32)C1)C(=O)O. The highest BCUT2D eigenvalue weighted by atomic mass is 16.5. The zero-order valence-electron chi connectivity index (χ0n) is 20.0. The molecule has 35 heavy (non-hydrogen) atoms. The minimum Gasteiger partial charge on any atom is -0.480 e. The lowest BCUT2D eigenvalue weighted by Crippen LogP contribution is -2.51. The van der Waals surface area contributed by atoms with Crippen LogP contribution in [0.15, 0.2) is 48.5 Å². The summed E-state index contributed by atoms with van der Waals surface area (Å²) in [5.41, 5.74) is 4.63. The van der Waals surface area contributed by atoms with Crippen LogP contribution in [0.2, 0.25) is 0 Å². The van der Waals surface area contributed by atoms with Crippen LogP contribution in [0.1, 0.15) is 49.7 Å². The molecule has 0 aliphatic heterocycles. The van der Waals surface area contributed by atoms with Gasteiger partial charge in [-0.25, -0.2) is 9.59 Å². The Balaban J connectivity index is 1.32. The Morgan fingerprint density at radius 2 is 1.66 bits per heavy atom. The van der Waals surface area contributed by atoms with Gasteiger partial charge >= 0.3 is 12.1 Å². The number of carboxylic acids is 1. The van der Waals surface area contributed by atoms with Crippen molar-refractivity contribution in [3.63, 3.8) is 0 Å². The molecule has 4 atom stereocenters. The fourth-order valence-corrected chi connectivity index (χ4v) is 5.15. The third-order valence-corrected chi connectivity index (χ3v) is 7.12. The smallest absolute Gasteiger partial charge is 0.407 e. The number of carbonyl (C=O) groups excluding carboxylic acids is 2. The van der Waals surface area contributed by atoms with Crippen molar-refractivity contribution < 1.29 is 29.0 Å². The molecule has 0 bridgehead atoms. The number of benzene rings is 2. The molecule has 8 nitrogen and oxygen atoms in total. The number of carboxylic acid groups (broad SMARTS) is 1. The van der Waals surface area contributed by atoms with Crippen molar-refractivity contribution in [3.8, 4) is 11.1 Å². The van der Waals surface area contributed by atoms with E-state index in [2.05, 4.69) is 34.9 Å². The molecule has 2 aromatic carbocycles. The van der Waals surface area contributed by atoms with Crippen molar-refractivity contribution >= 4 is 18.0 Å². The number of amides is 2. The summed E-state index contributed by atoms with van der Waals surface area (Å²) in [7, 11) is 1.40. The first-order valence-electron chi connectivity index (χ1n) is 12.1. The Hall–Kier alpha value is -3.39. The van der Waals surface area contributed by atoms with E-state index in [0.717, 1.165) is 24.0 Å². The van der Waals surface area contributed by atoms with Crippen LogP contribution in [0, 0.1) is 5.92 Å². The number of carbonyl (C=O) groups is 3. The summed E-state index contributed by atoms with van der Waals surface area (Å²) >= 11 is 0. The van der Waals surface area contributed by atoms with Crippen LogP contribution in [-0.4, -0.2) is 55.0 Å². The zero-order chi connectivity index (χ0) is 24.9. The number of ether oxygens (including phenoxy) is 2. The maximum absolute atomic E-state index is 12.7. The molecule has 0 saturated heterocycles. The highest BCUT2D eigenvalue weighted by Crippen LogP contribution is 2.44. The van der Waals surface area contributed by atoms with E-state index in [4.69, 9.17) is 9.47 Å². The second kappa shape index (κ2) is 10.9. The molecule has 4 rings (SSSR count). The quantitative estimate of drug-likeness (QED) is 0.531. The van der Waals surface area contributed by atoms with Gasteiger partial charge in [0, 0.05) is 25.0 Å². The van der Waals surface area contributed by atoms with Crippen LogP contribution in [0.25, 0.3) is 11.1 Å². The maximum atomic E-state index is 12.7. The molecule has 0 spiro atoms. The number of nitrogens with one attached hydrogen (secondary N) is 2. The van der Waals surface area contributed by atoms with Gasteiger partial charge in [-0.05, 0) is 48.4 Å². The minimum absolute atomic E-state index is 0.0197. The first-order valence-corrected chi connectivity index (χ1v) is 12.1. The summed E-state index contributed by atoms with van der Waals surface area (Å²) in [6.07, 6.45) is 1.41. The molecular weight excluding hydrogens is 448 g/mol. The molecule has 0 heterocycles. The van der Waals surface area contributed by atoms with Crippen LogP contribution in [0.3, 0.4) is 0 Å². The molecule has 1 fully saturated rings. The standard InChI is InChI=1S/C27H32N2O6/c1-16(34-2)24(26(31)32)29-25(30)17-8-7-9-18(14-17)28-27(33)35-15-23-21-12-5-3-10-19(21)20-11-4-6-13-22(20)23/h3-6,10-13,16-18,23-24H,7-9,14-15H2,1-2H3,(H,28,33)(H,29,30)(H,31,32)/t16-,17+,18-,24+/m1/s1. The average molecular weight is 481 g/mol. The molecule has 0 unspecified atom stereocenters. The van der Waals surface area contributed by atoms with Crippen molar-refractivity contribution in [2.24, 2.45) is 5.92 Å². The number of fused-ring (bicyclic) bond motifs is 3. The van der Waals surface area contributed by atoms with Gasteiger partial charge in [0.25, 0.3) is 0 Å². The van der Waals surface area contributed by atoms with E-state index in [1.54, 1.807) is 6.92 Å². The Morgan fingerprint density at radius 3 is 2.26 bits per heavy atom. The van der Waals surface area contributed by atoms with E-state index in [0.29, 0.717) is 12.8 Å². The predicted octanol–water partition coefficient (Wildman–Crippen LogP) is 3.69. The lowest BCUT2D eigenvalue weighted by molar-refractivity contribution is -0.146. The van der Waals surface area contributed by atoms with Gasteiger partial charge in [-0.2, -0.15) is 0 Å². The Morgan fingerprint density at radius 1 is 1.03 bits per heavy atom. The monoisotopic (exact) mass is 480 g/mol. The van der Waals surface area contributed by atoms with Gasteiger partial charge in [-0.15, -0.1) is 0 Å². The highest BCUT2D eigenvalue weighted by Gasteiger charge is 2.34. The second-order valence-electron chi connectivity index (χ2n) is 9.30. The molecule has 0 radical (unpaired) electrons. The summed E-state index contributed by atoms with van der Waals surface area (Å²) in [5.74, 6) is -1.88. The predicted molar refractivity (Wildman–Crippen MR) is 130 cm³/mol. The molecule has 2 aliphatic carbocycles. The van der Waals surface area contributed by atoms with E-state index in [1.807, 2.05) is 24.3 Å². The van der Waals surface area contributed by atoms with Gasteiger partial charge < -0.3 is 25.2 Å². The zero-order valence-corrected chi connectivity index (χ0v) is 20.0. The van der Waals surface area contributed by atoms with E-state index < -0.39 is 24.2 Å². The minimum atomic E-state index is -1.14. The van der Waals surface area contributed by atoms with Crippen molar-refractivity contribution in [3.05, 3.63) is 59.7 Å². The molecule has 2 aromatic rings. The second-order valence-corrected chi connectivity index (χ2v) is 9.30. The summed E-state index contributed by atoms with van der Waals surface area (Å²) in [5, 5.41) is 14.9. The van der Waals surface area contributed by atoms with Crippen molar-refractivity contribution in [1.29, 1.82) is 0 Å². The molecular formula is C27H32N2O6. The first kappa shape index (κ1) is 24.7. The summed E-state index contributed by atoms with van der Waals surface area (Å²) in [6.45, 7) is 1.83. The number of methoxy groups -OCH3 is 1. The fraction of sp³-hybridized carbons (Fsp3) is 0.444. The lowest BCUT2D eigenvalue weighted by atomic mass is 9.85. The van der Waals surface area contributed by atoms with Crippen molar-refractivity contribution in [1.82, 2.24) is 10.6 Å². The summed E-state index contributed by atoms with van der Waals surface area (Å²) in [6, 6.07) is 15.0. The number of rotatable bonds is 8. The van der Waals surface area contributed by atoms with Gasteiger partial charge in [0.05, 0.1) is 6.10 Å². The molecule has 0 aromatic heterocycles. The Bertz CT molecular complexity index is 1040. The van der Waals surface area contributed by atoms with Crippen LogP contribution >= 0.6 is 0 Å². The molecule has 186 valence electrons. The molecule has 2 aliphatic rings. The van der Waals surface area contributed by atoms with Crippen molar-refractivity contribution in [2.75, 3.05) is 13.7 Å². The van der Waals surface area contributed by atoms with E-state index >= 15 is 0 Å².